The van der Waals surface area contributed by atoms with Crippen LogP contribution in [0.2, 0.25) is 0 Å². The molecule has 92 valence electrons. The van der Waals surface area contributed by atoms with Gasteiger partial charge in [-0.2, -0.15) is 11.8 Å². The van der Waals surface area contributed by atoms with Gasteiger partial charge in [0.25, 0.3) is 0 Å². The average molecular weight is 255 g/mol. The minimum Gasteiger partial charge on any atom is -0.385 e. The highest BCUT2D eigenvalue weighted by Gasteiger charge is 2.00. The van der Waals surface area contributed by atoms with Crippen LogP contribution in [-0.4, -0.2) is 58.7 Å². The van der Waals surface area contributed by atoms with Gasteiger partial charge in [-0.25, -0.2) is 8.42 Å². The number of thioether (sulfide) groups is 1. The Balaban J connectivity index is 3.06. The van der Waals surface area contributed by atoms with Gasteiger partial charge in [-0.1, -0.05) is 0 Å². The summed E-state index contributed by atoms with van der Waals surface area (Å²) in [5, 5.41) is 3.27. The van der Waals surface area contributed by atoms with Crippen molar-refractivity contribution in [2.24, 2.45) is 0 Å². The van der Waals surface area contributed by atoms with Gasteiger partial charge < -0.3 is 10.1 Å². The third-order valence-corrected chi connectivity index (χ3v) is 3.91. The Hall–Kier alpha value is 0.220. The lowest BCUT2D eigenvalue weighted by molar-refractivity contribution is 0.194. The monoisotopic (exact) mass is 255 g/mol. The second kappa shape index (κ2) is 9.45. The Morgan fingerprint density at radius 1 is 1.27 bits per heavy atom. The van der Waals surface area contributed by atoms with Crippen molar-refractivity contribution in [3.8, 4) is 0 Å². The molecule has 0 radical (unpaired) electrons. The van der Waals surface area contributed by atoms with Crippen molar-refractivity contribution in [2.45, 2.75) is 6.42 Å². The Labute approximate surface area is 97.1 Å². The van der Waals surface area contributed by atoms with Gasteiger partial charge in [-0.05, 0) is 13.0 Å². The molecule has 0 atom stereocenters. The van der Waals surface area contributed by atoms with Crippen LogP contribution in [0.3, 0.4) is 0 Å². The molecule has 6 heteroatoms. The highest BCUT2D eigenvalue weighted by molar-refractivity contribution is 8.00. The van der Waals surface area contributed by atoms with Crippen molar-refractivity contribution < 1.29 is 13.2 Å². The summed E-state index contributed by atoms with van der Waals surface area (Å²) in [6.45, 7) is 2.67. The SMILES string of the molecule is COCCCNCCSCCS(C)(=O)=O. The molecule has 0 fully saturated rings. The Kier molecular flexibility index (Phi) is 9.58. The summed E-state index contributed by atoms with van der Waals surface area (Å²) in [5.74, 6) is 1.93. The van der Waals surface area contributed by atoms with Crippen molar-refractivity contribution in [3.63, 3.8) is 0 Å². The Morgan fingerprint density at radius 3 is 2.60 bits per heavy atom. The first-order valence-electron chi connectivity index (χ1n) is 5.01. The molecular weight excluding hydrogens is 234 g/mol. The molecule has 0 spiro atoms. The largest absolute Gasteiger partial charge is 0.385 e. The first-order chi connectivity index (χ1) is 7.06. The summed E-state index contributed by atoms with van der Waals surface area (Å²) in [4.78, 5) is 0. The maximum Gasteiger partial charge on any atom is 0.148 e. The topological polar surface area (TPSA) is 55.4 Å². The van der Waals surface area contributed by atoms with Gasteiger partial charge in [0.1, 0.15) is 9.84 Å². The van der Waals surface area contributed by atoms with E-state index in [0.717, 1.165) is 31.9 Å². The van der Waals surface area contributed by atoms with Gasteiger partial charge in [-0.3, -0.25) is 0 Å². The van der Waals surface area contributed by atoms with Gasteiger partial charge >= 0.3 is 0 Å². The molecule has 0 saturated heterocycles. The minimum atomic E-state index is -2.79. The average Bonchev–Trinajstić information content (AvgIpc) is 2.14. The van der Waals surface area contributed by atoms with Crippen LogP contribution in [0.25, 0.3) is 0 Å². The number of methoxy groups -OCH3 is 1. The maximum absolute atomic E-state index is 10.8. The number of nitrogens with one attached hydrogen (secondary N) is 1. The lowest BCUT2D eigenvalue weighted by Gasteiger charge is -2.03. The summed E-state index contributed by atoms with van der Waals surface area (Å²) in [5.41, 5.74) is 0. The standard InChI is InChI=1S/C9H21NO3S2/c1-13-6-3-4-10-5-7-14-8-9-15(2,11)12/h10H,3-9H2,1-2H3. The molecule has 15 heavy (non-hydrogen) atoms. The van der Waals surface area contributed by atoms with Crippen LogP contribution in [0, 0.1) is 0 Å². The van der Waals surface area contributed by atoms with Crippen LogP contribution < -0.4 is 5.32 Å². The first kappa shape index (κ1) is 15.2. The van der Waals surface area contributed by atoms with Crippen molar-refractivity contribution in [1.29, 1.82) is 0 Å². The van der Waals surface area contributed by atoms with Crippen LogP contribution in [0.5, 0.6) is 0 Å². The smallest absolute Gasteiger partial charge is 0.148 e. The Bertz CT molecular complexity index is 230. The number of hydrogen-bond donors (Lipinski definition) is 1. The Morgan fingerprint density at radius 2 is 2.00 bits per heavy atom. The molecule has 0 heterocycles. The van der Waals surface area contributed by atoms with Crippen molar-refractivity contribution >= 4 is 21.6 Å². The summed E-state index contributed by atoms with van der Waals surface area (Å²) in [7, 11) is -1.09. The van der Waals surface area contributed by atoms with Crippen LogP contribution >= 0.6 is 11.8 Å². The van der Waals surface area contributed by atoms with Crippen LogP contribution in [0.4, 0.5) is 0 Å². The van der Waals surface area contributed by atoms with E-state index < -0.39 is 9.84 Å². The highest BCUT2D eigenvalue weighted by atomic mass is 32.2. The van der Waals surface area contributed by atoms with Gasteiger partial charge in [0.05, 0.1) is 5.75 Å². The number of rotatable bonds is 10. The van der Waals surface area contributed by atoms with E-state index in [2.05, 4.69) is 5.32 Å². The molecular formula is C9H21NO3S2. The van der Waals surface area contributed by atoms with E-state index in [9.17, 15) is 8.42 Å². The molecule has 0 aromatic heterocycles. The molecule has 0 bridgehead atoms. The van der Waals surface area contributed by atoms with Gasteiger partial charge in [0.15, 0.2) is 0 Å². The van der Waals surface area contributed by atoms with Gasteiger partial charge in [0.2, 0.25) is 0 Å². The molecule has 0 aromatic rings. The van der Waals surface area contributed by atoms with E-state index in [1.54, 1.807) is 18.9 Å². The summed E-state index contributed by atoms with van der Waals surface area (Å²) >= 11 is 1.67. The van der Waals surface area contributed by atoms with Gasteiger partial charge in [-0.15, -0.1) is 0 Å². The predicted molar refractivity (Wildman–Crippen MR) is 66.4 cm³/mol. The molecule has 0 unspecified atom stereocenters. The zero-order chi connectivity index (χ0) is 11.6. The second-order valence-corrected chi connectivity index (χ2v) is 6.82. The summed E-state index contributed by atoms with van der Waals surface area (Å²) in [6, 6.07) is 0. The fraction of sp³-hybridized carbons (Fsp3) is 1.00. The van der Waals surface area contributed by atoms with Gasteiger partial charge in [0, 0.05) is 38.0 Å². The van der Waals surface area contributed by atoms with Crippen LogP contribution in [0.15, 0.2) is 0 Å². The van der Waals surface area contributed by atoms with E-state index in [0.29, 0.717) is 5.75 Å². The molecule has 0 aliphatic carbocycles. The third kappa shape index (κ3) is 14.2. The molecule has 0 aliphatic rings. The normalized spacial score (nSPS) is 11.9. The lowest BCUT2D eigenvalue weighted by atomic mass is 10.4. The molecule has 0 rings (SSSR count). The summed E-state index contributed by atoms with van der Waals surface area (Å²) < 4.78 is 26.5. The maximum atomic E-state index is 10.8. The number of sulfone groups is 1. The molecule has 1 N–H and O–H groups in total. The fourth-order valence-electron chi connectivity index (χ4n) is 0.923. The lowest BCUT2D eigenvalue weighted by Crippen LogP contribution is -2.20. The van der Waals surface area contributed by atoms with Crippen molar-refractivity contribution in [1.82, 2.24) is 5.32 Å². The quantitative estimate of drug-likeness (QED) is 0.572. The minimum absolute atomic E-state index is 0.279. The van der Waals surface area contributed by atoms with E-state index in [-0.39, 0.29) is 5.75 Å². The molecule has 0 aliphatic heterocycles. The van der Waals surface area contributed by atoms with E-state index in [4.69, 9.17) is 4.74 Å². The highest BCUT2D eigenvalue weighted by Crippen LogP contribution is 1.99. The van der Waals surface area contributed by atoms with E-state index >= 15 is 0 Å². The summed E-state index contributed by atoms with van der Waals surface area (Å²) in [6.07, 6.45) is 2.29. The molecule has 4 nitrogen and oxygen atoms in total. The van der Waals surface area contributed by atoms with E-state index in [1.807, 2.05) is 0 Å². The fourth-order valence-corrected chi connectivity index (χ4v) is 3.10. The second-order valence-electron chi connectivity index (χ2n) is 3.34. The molecule has 0 aromatic carbocycles. The van der Waals surface area contributed by atoms with Crippen LogP contribution in [-0.2, 0) is 14.6 Å². The first-order valence-corrected chi connectivity index (χ1v) is 8.23. The van der Waals surface area contributed by atoms with Crippen LogP contribution in [0.1, 0.15) is 6.42 Å². The zero-order valence-electron chi connectivity index (χ0n) is 9.49. The predicted octanol–water partition coefficient (Wildman–Crippen LogP) is 0.390. The van der Waals surface area contributed by atoms with Crippen molar-refractivity contribution in [2.75, 3.05) is 50.3 Å². The number of hydrogen-bond acceptors (Lipinski definition) is 5. The zero-order valence-corrected chi connectivity index (χ0v) is 11.1. The molecule has 0 amide bonds. The molecule has 0 saturated carbocycles. The third-order valence-electron chi connectivity index (χ3n) is 1.72. The number of ether oxygens (including phenoxy) is 1. The van der Waals surface area contributed by atoms with E-state index in [1.165, 1.54) is 6.26 Å². The van der Waals surface area contributed by atoms with Crippen molar-refractivity contribution in [3.05, 3.63) is 0 Å².